The number of fused-ring (bicyclic) bond motifs is 1. The van der Waals surface area contributed by atoms with Crippen molar-refractivity contribution in [3.05, 3.63) is 24.0 Å². The van der Waals surface area contributed by atoms with Gasteiger partial charge in [-0.15, -0.1) is 0 Å². The van der Waals surface area contributed by atoms with Gasteiger partial charge in [0.2, 0.25) is 10.0 Å². The lowest BCUT2D eigenvalue weighted by Crippen LogP contribution is -2.61. The first-order valence-corrected chi connectivity index (χ1v) is 10.9. The summed E-state index contributed by atoms with van der Waals surface area (Å²) < 4.78 is 50.8. The molecule has 1 aromatic rings. The summed E-state index contributed by atoms with van der Waals surface area (Å²) in [6.45, 7) is 0.305. The Labute approximate surface area is 135 Å². The molecule has 0 spiro atoms. The van der Waals surface area contributed by atoms with Crippen molar-refractivity contribution in [1.29, 1.82) is 0 Å². The van der Waals surface area contributed by atoms with Crippen LogP contribution in [-0.4, -0.2) is 79.4 Å². The summed E-state index contributed by atoms with van der Waals surface area (Å²) in [7, 11) is -5.15. The zero-order valence-corrected chi connectivity index (χ0v) is 14.5. The molecule has 10 heteroatoms. The predicted octanol–water partition coefficient (Wildman–Crippen LogP) is -1.09. The minimum Gasteiger partial charge on any atom is -0.347 e. The summed E-state index contributed by atoms with van der Waals surface area (Å²) in [6, 6.07) is 2.07. The molecule has 128 valence electrons. The van der Waals surface area contributed by atoms with Gasteiger partial charge in [-0.1, -0.05) is 0 Å². The maximum absolute atomic E-state index is 12.7. The third-order valence-electron chi connectivity index (χ3n) is 4.47. The zero-order chi connectivity index (χ0) is 17.0. The third-order valence-corrected chi connectivity index (χ3v) is 7.48. The number of carbonyl (C=O) groups excluding carboxylic acids is 1. The first-order valence-electron chi connectivity index (χ1n) is 7.20. The Bertz CT molecular complexity index is 843. The fraction of sp³-hybridized carbons (Fsp3) is 0.615. The van der Waals surface area contributed by atoms with Gasteiger partial charge in [0.1, 0.15) is 5.69 Å². The minimum atomic E-state index is -3.52. The average Bonchev–Trinajstić information content (AvgIpc) is 2.97. The summed E-state index contributed by atoms with van der Waals surface area (Å²) in [4.78, 5) is 14.2. The van der Waals surface area contributed by atoms with E-state index >= 15 is 0 Å². The largest absolute Gasteiger partial charge is 0.347 e. The zero-order valence-electron chi connectivity index (χ0n) is 12.9. The van der Waals surface area contributed by atoms with Crippen LogP contribution in [0.1, 0.15) is 10.5 Å². The van der Waals surface area contributed by atoms with E-state index in [0.29, 0.717) is 5.69 Å². The van der Waals surface area contributed by atoms with Crippen LogP contribution >= 0.6 is 0 Å². The first kappa shape index (κ1) is 16.5. The second-order valence-corrected chi connectivity index (χ2v) is 10.2. The number of nitrogens with zero attached hydrogens (tertiary/aromatic N) is 3. The molecular weight excluding hydrogens is 342 g/mol. The molecule has 23 heavy (non-hydrogen) atoms. The van der Waals surface area contributed by atoms with Gasteiger partial charge < -0.3 is 9.47 Å². The van der Waals surface area contributed by atoms with Gasteiger partial charge in [0.05, 0.1) is 29.8 Å². The summed E-state index contributed by atoms with van der Waals surface area (Å²) in [5.41, 5.74) is 0.459. The molecule has 2 saturated heterocycles. The van der Waals surface area contributed by atoms with E-state index < -0.39 is 31.9 Å². The third kappa shape index (κ3) is 2.90. The van der Waals surface area contributed by atoms with Gasteiger partial charge in [0.15, 0.2) is 9.84 Å². The van der Waals surface area contributed by atoms with Crippen molar-refractivity contribution >= 4 is 25.8 Å². The Morgan fingerprint density at radius 2 is 1.87 bits per heavy atom. The van der Waals surface area contributed by atoms with Crippen molar-refractivity contribution in [2.45, 2.75) is 12.1 Å². The quantitative estimate of drug-likeness (QED) is 0.667. The highest BCUT2D eigenvalue weighted by molar-refractivity contribution is 7.92. The molecule has 0 unspecified atom stereocenters. The molecule has 1 aromatic heterocycles. The SMILES string of the molecule is Cn1cccc1C(=O)N1CCN(S(C)(=O)=O)[C@@H]2CS(=O)(=O)C[C@@H]21. The molecule has 1 amide bonds. The molecule has 3 rings (SSSR count). The minimum absolute atomic E-state index is 0.117. The number of hydrogen-bond donors (Lipinski definition) is 0. The van der Waals surface area contributed by atoms with E-state index in [0.717, 1.165) is 6.26 Å². The Hall–Kier alpha value is -1.39. The van der Waals surface area contributed by atoms with Crippen LogP contribution in [0.25, 0.3) is 0 Å². The molecule has 0 aromatic carbocycles. The lowest BCUT2D eigenvalue weighted by atomic mass is 10.1. The smallest absolute Gasteiger partial charge is 0.270 e. The van der Waals surface area contributed by atoms with Crippen molar-refractivity contribution < 1.29 is 21.6 Å². The van der Waals surface area contributed by atoms with Crippen LogP contribution < -0.4 is 0 Å². The number of carbonyl (C=O) groups is 1. The van der Waals surface area contributed by atoms with E-state index in [1.165, 1.54) is 9.21 Å². The molecule has 2 fully saturated rings. The molecule has 0 radical (unpaired) electrons. The normalized spacial score (nSPS) is 27.8. The van der Waals surface area contributed by atoms with Gasteiger partial charge in [-0.2, -0.15) is 4.31 Å². The van der Waals surface area contributed by atoms with Crippen LogP contribution in [0, 0.1) is 0 Å². The van der Waals surface area contributed by atoms with Crippen LogP contribution in [0.4, 0.5) is 0 Å². The Morgan fingerprint density at radius 1 is 1.22 bits per heavy atom. The molecule has 2 aliphatic rings. The van der Waals surface area contributed by atoms with Gasteiger partial charge in [0, 0.05) is 26.3 Å². The summed E-state index contributed by atoms with van der Waals surface area (Å²) in [5.74, 6) is -0.695. The van der Waals surface area contributed by atoms with E-state index in [-0.39, 0.29) is 30.5 Å². The number of sulfonamides is 1. The monoisotopic (exact) mass is 361 g/mol. The van der Waals surface area contributed by atoms with Gasteiger partial charge in [-0.3, -0.25) is 4.79 Å². The fourth-order valence-corrected chi connectivity index (χ4v) is 6.61. The highest BCUT2D eigenvalue weighted by Gasteiger charge is 2.50. The highest BCUT2D eigenvalue weighted by atomic mass is 32.2. The average molecular weight is 361 g/mol. The molecule has 2 aliphatic heterocycles. The van der Waals surface area contributed by atoms with Crippen molar-refractivity contribution in [1.82, 2.24) is 13.8 Å². The van der Waals surface area contributed by atoms with Crippen LogP contribution in [0.15, 0.2) is 18.3 Å². The molecule has 2 atom stereocenters. The Balaban J connectivity index is 1.96. The van der Waals surface area contributed by atoms with Crippen molar-refractivity contribution in [2.24, 2.45) is 7.05 Å². The number of aromatic nitrogens is 1. The van der Waals surface area contributed by atoms with Gasteiger partial charge in [0.25, 0.3) is 5.91 Å². The van der Waals surface area contributed by atoms with E-state index in [1.54, 1.807) is 29.9 Å². The summed E-state index contributed by atoms with van der Waals surface area (Å²) >= 11 is 0. The van der Waals surface area contributed by atoms with E-state index in [1.807, 2.05) is 0 Å². The standard InChI is InChI=1S/C13H19N3O5S2/c1-14-5-3-4-10(14)13(17)15-6-7-16(22(2,18)19)12-9-23(20,21)8-11(12)15/h3-5,11-12H,6-9H2,1-2H3/t11-,12+/m0/s1. The molecule has 0 bridgehead atoms. The van der Waals surface area contributed by atoms with Crippen molar-refractivity contribution in [3.63, 3.8) is 0 Å². The summed E-state index contributed by atoms with van der Waals surface area (Å²) in [6.07, 6.45) is 2.81. The van der Waals surface area contributed by atoms with Gasteiger partial charge in [-0.25, -0.2) is 16.8 Å². The Morgan fingerprint density at radius 3 is 2.43 bits per heavy atom. The van der Waals surface area contributed by atoms with Crippen LogP contribution in [0.3, 0.4) is 0 Å². The van der Waals surface area contributed by atoms with Gasteiger partial charge >= 0.3 is 0 Å². The first-order chi connectivity index (χ1) is 10.6. The van der Waals surface area contributed by atoms with Gasteiger partial charge in [-0.05, 0) is 12.1 Å². The molecule has 0 aliphatic carbocycles. The van der Waals surface area contributed by atoms with Crippen LogP contribution in [-0.2, 0) is 26.9 Å². The van der Waals surface area contributed by atoms with E-state index in [2.05, 4.69) is 0 Å². The number of sulfone groups is 1. The fourth-order valence-electron chi connectivity index (χ4n) is 3.42. The topological polar surface area (TPSA) is 96.8 Å². The number of piperazine rings is 1. The predicted molar refractivity (Wildman–Crippen MR) is 84.2 cm³/mol. The number of rotatable bonds is 2. The molecule has 0 N–H and O–H groups in total. The van der Waals surface area contributed by atoms with E-state index in [4.69, 9.17) is 0 Å². The number of amides is 1. The van der Waals surface area contributed by atoms with E-state index in [9.17, 15) is 21.6 Å². The van der Waals surface area contributed by atoms with Crippen molar-refractivity contribution in [3.8, 4) is 0 Å². The lowest BCUT2D eigenvalue weighted by Gasteiger charge is -2.42. The molecule has 8 nitrogen and oxygen atoms in total. The molecule has 3 heterocycles. The molecule has 0 saturated carbocycles. The van der Waals surface area contributed by atoms with Crippen LogP contribution in [0.2, 0.25) is 0 Å². The maximum Gasteiger partial charge on any atom is 0.270 e. The van der Waals surface area contributed by atoms with Crippen LogP contribution in [0.5, 0.6) is 0 Å². The molecular formula is C13H19N3O5S2. The van der Waals surface area contributed by atoms with Crippen molar-refractivity contribution in [2.75, 3.05) is 30.9 Å². The summed E-state index contributed by atoms with van der Waals surface area (Å²) in [5, 5.41) is 0. The lowest BCUT2D eigenvalue weighted by molar-refractivity contribution is 0.0507. The maximum atomic E-state index is 12.7. The highest BCUT2D eigenvalue weighted by Crippen LogP contribution is 2.29. The second kappa shape index (κ2) is 5.32. The number of aryl methyl sites for hydroxylation is 1. The Kier molecular flexibility index (Phi) is 3.81. The number of hydrogen-bond acceptors (Lipinski definition) is 5. The second-order valence-electron chi connectivity index (χ2n) is 6.09.